The number of nitrogens with one attached hydrogen (secondary N) is 2. The van der Waals surface area contributed by atoms with Crippen LogP contribution in [0.5, 0.6) is 0 Å². The summed E-state index contributed by atoms with van der Waals surface area (Å²) in [7, 11) is -3.67. The fourth-order valence-corrected chi connectivity index (χ4v) is 6.13. The maximum atomic E-state index is 13.2. The first-order valence-electron chi connectivity index (χ1n) is 12.7. The van der Waals surface area contributed by atoms with Crippen LogP contribution in [0, 0.1) is 11.7 Å². The molecule has 0 unspecified atom stereocenters. The lowest BCUT2D eigenvalue weighted by Crippen LogP contribution is -2.41. The highest BCUT2D eigenvalue weighted by Crippen LogP contribution is 2.28. The van der Waals surface area contributed by atoms with Gasteiger partial charge in [-0.2, -0.15) is 0 Å². The van der Waals surface area contributed by atoms with E-state index in [-0.39, 0.29) is 34.6 Å². The summed E-state index contributed by atoms with van der Waals surface area (Å²) in [5.74, 6) is -0.533. The largest absolute Gasteiger partial charge is 0.349 e. The molecule has 0 bridgehead atoms. The third-order valence-electron chi connectivity index (χ3n) is 7.01. The van der Waals surface area contributed by atoms with Crippen molar-refractivity contribution in [2.24, 2.45) is 11.7 Å². The molecule has 4 rings (SSSR count). The summed E-state index contributed by atoms with van der Waals surface area (Å²) in [5, 5.41) is 3.00. The summed E-state index contributed by atoms with van der Waals surface area (Å²) in [6.45, 7) is 2.45. The van der Waals surface area contributed by atoms with E-state index in [0.717, 1.165) is 28.7 Å². The van der Waals surface area contributed by atoms with E-state index in [1.54, 1.807) is 24.3 Å². The molecule has 0 aromatic heterocycles. The normalized spacial score (nSPS) is 18.8. The number of hydrogen-bond acceptors (Lipinski definition) is 4. The highest BCUT2D eigenvalue weighted by atomic mass is 32.2. The van der Waals surface area contributed by atoms with Crippen LogP contribution in [0.2, 0.25) is 0 Å². The Labute approximate surface area is 218 Å². The second-order valence-electron chi connectivity index (χ2n) is 9.72. The van der Waals surface area contributed by atoms with Gasteiger partial charge < -0.3 is 11.1 Å². The Morgan fingerprint density at radius 3 is 2.30 bits per heavy atom. The lowest BCUT2D eigenvalue weighted by Gasteiger charge is -2.29. The average molecular weight is 524 g/mol. The number of carbonyl (C=O) groups excluding carboxylic acids is 1. The zero-order chi connectivity index (χ0) is 26.4. The zero-order valence-corrected chi connectivity index (χ0v) is 21.8. The van der Waals surface area contributed by atoms with Gasteiger partial charge in [-0.05, 0) is 92.1 Å². The molecule has 0 saturated heterocycles. The molecule has 3 aromatic rings. The molecule has 1 amide bonds. The molecular weight excluding hydrogens is 489 g/mol. The van der Waals surface area contributed by atoms with Crippen molar-refractivity contribution in [1.29, 1.82) is 0 Å². The van der Waals surface area contributed by atoms with Crippen LogP contribution in [-0.4, -0.2) is 26.9 Å². The molecule has 1 aliphatic carbocycles. The maximum absolute atomic E-state index is 13.2. The van der Waals surface area contributed by atoms with Gasteiger partial charge in [0, 0.05) is 12.0 Å². The van der Waals surface area contributed by atoms with Crippen LogP contribution in [0.3, 0.4) is 0 Å². The molecule has 0 radical (unpaired) electrons. The van der Waals surface area contributed by atoms with Crippen LogP contribution in [0.15, 0.2) is 77.7 Å². The van der Waals surface area contributed by atoms with Crippen molar-refractivity contribution in [3.05, 3.63) is 89.7 Å². The topological polar surface area (TPSA) is 101 Å². The summed E-state index contributed by atoms with van der Waals surface area (Å²) in [4.78, 5) is 13.0. The van der Waals surface area contributed by atoms with Gasteiger partial charge >= 0.3 is 0 Å². The van der Waals surface area contributed by atoms with E-state index in [9.17, 15) is 17.6 Å². The third-order valence-corrected chi connectivity index (χ3v) is 8.54. The van der Waals surface area contributed by atoms with Gasteiger partial charge in [-0.1, -0.05) is 48.5 Å². The van der Waals surface area contributed by atoms with Crippen LogP contribution in [0.25, 0.3) is 11.1 Å². The summed E-state index contributed by atoms with van der Waals surface area (Å²) in [6.07, 6.45) is 3.18. The van der Waals surface area contributed by atoms with Crippen LogP contribution >= 0.6 is 0 Å². The van der Waals surface area contributed by atoms with E-state index < -0.39 is 10.0 Å². The van der Waals surface area contributed by atoms with Crippen LogP contribution < -0.4 is 15.8 Å². The summed E-state index contributed by atoms with van der Waals surface area (Å²) >= 11 is 0. The number of halogens is 1. The van der Waals surface area contributed by atoms with Gasteiger partial charge in [-0.15, -0.1) is 0 Å². The molecular formula is C29H34FN3O3S. The molecule has 6 nitrogen and oxygen atoms in total. The fraction of sp³-hybridized carbons (Fsp3) is 0.345. The van der Waals surface area contributed by atoms with Crippen molar-refractivity contribution < 1.29 is 17.6 Å². The number of sulfonamides is 1. The van der Waals surface area contributed by atoms with Crippen LogP contribution in [0.4, 0.5) is 4.39 Å². The van der Waals surface area contributed by atoms with Gasteiger partial charge in [-0.25, -0.2) is 17.5 Å². The fourth-order valence-electron chi connectivity index (χ4n) is 4.83. The monoisotopic (exact) mass is 523 g/mol. The standard InChI is InChI=1S/C29H34FN3O3S/c1-20(22-5-11-26(30)12-6-22)32-29(34)24-7-13-27(14-8-24)33-37(35,36)28-15-9-23(10-16-28)25-4-2-3-21(19-25)17-18-31/h2-6,9-12,15-16,19-20,24,27,33H,7-8,13-14,17-18,31H2,1H3,(H,32,34)/t20-,24?,27?/m1/s1. The number of nitrogens with two attached hydrogens (primary N) is 1. The number of carbonyl (C=O) groups is 1. The third kappa shape index (κ3) is 7.03. The van der Waals surface area contributed by atoms with Crippen LogP contribution in [0.1, 0.15) is 49.8 Å². The number of rotatable bonds is 9. The number of hydrogen-bond donors (Lipinski definition) is 3. The van der Waals surface area contributed by atoms with E-state index >= 15 is 0 Å². The molecule has 3 aromatic carbocycles. The maximum Gasteiger partial charge on any atom is 0.240 e. The van der Waals surface area contributed by atoms with Gasteiger partial charge in [0.2, 0.25) is 15.9 Å². The minimum Gasteiger partial charge on any atom is -0.349 e. The van der Waals surface area contributed by atoms with Crippen molar-refractivity contribution in [3.8, 4) is 11.1 Å². The van der Waals surface area contributed by atoms with Crippen molar-refractivity contribution in [1.82, 2.24) is 10.0 Å². The van der Waals surface area contributed by atoms with E-state index in [0.29, 0.717) is 32.2 Å². The molecule has 0 aliphatic heterocycles. The van der Waals surface area contributed by atoms with Crippen molar-refractivity contribution >= 4 is 15.9 Å². The summed E-state index contributed by atoms with van der Waals surface area (Å²) < 4.78 is 42.0. The SMILES string of the molecule is C[C@@H](NC(=O)C1CCC(NS(=O)(=O)c2ccc(-c3cccc(CCN)c3)cc2)CC1)c1ccc(F)cc1. The van der Waals surface area contributed by atoms with Crippen molar-refractivity contribution in [2.45, 2.75) is 56.0 Å². The smallest absolute Gasteiger partial charge is 0.240 e. The van der Waals surface area contributed by atoms with E-state index in [1.807, 2.05) is 37.3 Å². The zero-order valence-electron chi connectivity index (χ0n) is 21.0. The van der Waals surface area contributed by atoms with Gasteiger partial charge in [0.25, 0.3) is 0 Å². The van der Waals surface area contributed by atoms with Crippen LogP contribution in [-0.2, 0) is 21.2 Å². The predicted molar refractivity (Wildman–Crippen MR) is 144 cm³/mol. The highest BCUT2D eigenvalue weighted by Gasteiger charge is 2.29. The molecule has 0 heterocycles. The van der Waals surface area contributed by atoms with Gasteiger partial charge in [0.1, 0.15) is 5.82 Å². The Bertz CT molecular complexity index is 1300. The van der Waals surface area contributed by atoms with Gasteiger partial charge in [0.05, 0.1) is 10.9 Å². The quantitative estimate of drug-likeness (QED) is 0.378. The lowest BCUT2D eigenvalue weighted by atomic mass is 9.85. The molecule has 1 atom stereocenters. The molecule has 1 saturated carbocycles. The molecule has 1 fully saturated rings. The minimum absolute atomic E-state index is 0.0516. The van der Waals surface area contributed by atoms with Crippen molar-refractivity contribution in [2.75, 3.05) is 6.54 Å². The summed E-state index contributed by atoms with van der Waals surface area (Å²) in [5.41, 5.74) is 9.61. The average Bonchev–Trinajstić information content (AvgIpc) is 2.89. The minimum atomic E-state index is -3.67. The Morgan fingerprint density at radius 2 is 1.65 bits per heavy atom. The highest BCUT2D eigenvalue weighted by molar-refractivity contribution is 7.89. The first-order chi connectivity index (χ1) is 17.7. The molecule has 37 heavy (non-hydrogen) atoms. The van der Waals surface area contributed by atoms with Gasteiger partial charge in [-0.3, -0.25) is 4.79 Å². The lowest BCUT2D eigenvalue weighted by molar-refractivity contribution is -0.126. The first-order valence-corrected chi connectivity index (χ1v) is 14.2. The molecule has 4 N–H and O–H groups in total. The van der Waals surface area contributed by atoms with E-state index in [2.05, 4.69) is 16.1 Å². The van der Waals surface area contributed by atoms with E-state index in [4.69, 9.17) is 5.73 Å². The number of benzene rings is 3. The Kier molecular flexibility index (Phi) is 8.74. The molecule has 196 valence electrons. The van der Waals surface area contributed by atoms with Gasteiger partial charge in [0.15, 0.2) is 0 Å². The number of amides is 1. The Morgan fingerprint density at radius 1 is 0.973 bits per heavy atom. The molecule has 8 heteroatoms. The molecule has 0 spiro atoms. The second-order valence-corrected chi connectivity index (χ2v) is 11.4. The second kappa shape index (κ2) is 12.0. The predicted octanol–water partition coefficient (Wildman–Crippen LogP) is 4.71. The van der Waals surface area contributed by atoms with E-state index in [1.165, 1.54) is 12.1 Å². The summed E-state index contributed by atoms with van der Waals surface area (Å²) in [6, 6.07) is 20.6. The van der Waals surface area contributed by atoms with Crippen molar-refractivity contribution in [3.63, 3.8) is 0 Å². The Balaban J connectivity index is 1.30. The Hall–Kier alpha value is -3.07. The molecule has 1 aliphatic rings. The first kappa shape index (κ1) is 27.0.